The number of hydrogen-bond donors (Lipinski definition) is 1. The van der Waals surface area contributed by atoms with Crippen LogP contribution in [0.15, 0.2) is 54.7 Å². The summed E-state index contributed by atoms with van der Waals surface area (Å²) < 4.78 is 3.64. The van der Waals surface area contributed by atoms with Crippen molar-refractivity contribution in [1.82, 2.24) is 30.1 Å². The first-order valence-electron chi connectivity index (χ1n) is 10.1. The predicted octanol–water partition coefficient (Wildman–Crippen LogP) is 3.64. The van der Waals surface area contributed by atoms with Gasteiger partial charge in [0, 0.05) is 29.1 Å². The zero-order chi connectivity index (χ0) is 20.5. The number of hydrogen-bond acceptors (Lipinski definition) is 4. The zero-order valence-corrected chi connectivity index (χ0v) is 17.1. The van der Waals surface area contributed by atoms with Gasteiger partial charge in [-0.2, -0.15) is 5.10 Å². The standard InChI is InChI=1S/C22H21ClN6O/c23-17-9-5-15(6-10-17)13-29-20-4-2-1-3-18(20)21(26-29)22(30)24-11-12-28-14-19(25-27-28)16-7-8-16/h1-6,9-10,14,16H,7-8,11-13H2,(H,24,30). The highest BCUT2D eigenvalue weighted by atomic mass is 35.5. The second-order valence-corrected chi connectivity index (χ2v) is 8.02. The highest BCUT2D eigenvalue weighted by Crippen LogP contribution is 2.38. The third kappa shape index (κ3) is 3.93. The Kier molecular flexibility index (Phi) is 4.96. The van der Waals surface area contributed by atoms with Crippen LogP contribution in [0.1, 0.15) is 40.5 Å². The second kappa shape index (κ2) is 7.91. The van der Waals surface area contributed by atoms with Crippen molar-refractivity contribution < 1.29 is 4.79 Å². The van der Waals surface area contributed by atoms with Gasteiger partial charge in [0.05, 0.1) is 24.3 Å². The number of aromatic nitrogens is 5. The van der Waals surface area contributed by atoms with Gasteiger partial charge in [-0.15, -0.1) is 5.10 Å². The highest BCUT2D eigenvalue weighted by Gasteiger charge is 2.26. The number of amides is 1. The molecule has 0 atom stereocenters. The Labute approximate surface area is 178 Å². The van der Waals surface area contributed by atoms with E-state index in [9.17, 15) is 4.79 Å². The molecule has 1 N–H and O–H groups in total. The fraction of sp³-hybridized carbons (Fsp3) is 0.273. The Bertz CT molecular complexity index is 1190. The van der Waals surface area contributed by atoms with Crippen LogP contribution in [0, 0.1) is 0 Å². The Morgan fingerprint density at radius 1 is 1.13 bits per heavy atom. The molecule has 0 spiro atoms. The van der Waals surface area contributed by atoms with Crippen LogP contribution in [0.25, 0.3) is 10.9 Å². The number of para-hydroxylation sites is 1. The first-order valence-corrected chi connectivity index (χ1v) is 10.4. The highest BCUT2D eigenvalue weighted by molar-refractivity contribution is 6.30. The van der Waals surface area contributed by atoms with Gasteiger partial charge >= 0.3 is 0 Å². The third-order valence-electron chi connectivity index (χ3n) is 5.30. The summed E-state index contributed by atoms with van der Waals surface area (Å²) in [5.41, 5.74) is 3.46. The maximum absolute atomic E-state index is 12.8. The van der Waals surface area contributed by atoms with Crippen molar-refractivity contribution >= 4 is 28.4 Å². The van der Waals surface area contributed by atoms with E-state index in [1.807, 2.05) is 59.4 Å². The first kappa shape index (κ1) is 18.8. The smallest absolute Gasteiger partial charge is 0.272 e. The van der Waals surface area contributed by atoms with E-state index in [0.717, 1.165) is 22.2 Å². The van der Waals surface area contributed by atoms with E-state index < -0.39 is 0 Å². The number of rotatable bonds is 7. The molecule has 4 aromatic rings. The van der Waals surface area contributed by atoms with Gasteiger partial charge in [-0.25, -0.2) is 0 Å². The van der Waals surface area contributed by atoms with Crippen LogP contribution in [0.5, 0.6) is 0 Å². The van der Waals surface area contributed by atoms with Gasteiger partial charge in [0.15, 0.2) is 5.69 Å². The van der Waals surface area contributed by atoms with Crippen LogP contribution in [0.4, 0.5) is 0 Å². The summed E-state index contributed by atoms with van der Waals surface area (Å²) in [6, 6.07) is 15.4. The van der Waals surface area contributed by atoms with Crippen molar-refractivity contribution in [3.05, 3.63) is 76.7 Å². The summed E-state index contributed by atoms with van der Waals surface area (Å²) in [6.07, 6.45) is 4.36. The van der Waals surface area contributed by atoms with E-state index >= 15 is 0 Å². The SMILES string of the molecule is O=C(NCCn1cc(C2CC2)nn1)c1nn(Cc2ccc(Cl)cc2)c2ccccc12. The average molecular weight is 421 g/mol. The van der Waals surface area contributed by atoms with Gasteiger partial charge in [-0.05, 0) is 36.6 Å². The number of nitrogens with one attached hydrogen (secondary N) is 1. The molecule has 2 aromatic carbocycles. The van der Waals surface area contributed by atoms with Crippen molar-refractivity contribution in [2.24, 2.45) is 0 Å². The van der Waals surface area contributed by atoms with E-state index in [1.54, 1.807) is 4.68 Å². The molecule has 0 radical (unpaired) electrons. The topological polar surface area (TPSA) is 77.6 Å². The Hall–Kier alpha value is -3.19. The monoisotopic (exact) mass is 420 g/mol. The maximum atomic E-state index is 12.8. The number of benzene rings is 2. The normalized spacial score (nSPS) is 13.6. The van der Waals surface area contributed by atoms with E-state index in [-0.39, 0.29) is 5.91 Å². The van der Waals surface area contributed by atoms with Gasteiger partial charge < -0.3 is 5.32 Å². The minimum atomic E-state index is -0.191. The molecule has 1 fully saturated rings. The summed E-state index contributed by atoms with van der Waals surface area (Å²) in [7, 11) is 0. The van der Waals surface area contributed by atoms with Crippen LogP contribution >= 0.6 is 11.6 Å². The van der Waals surface area contributed by atoms with Crippen LogP contribution in [-0.2, 0) is 13.1 Å². The van der Waals surface area contributed by atoms with Crippen molar-refractivity contribution in [2.45, 2.75) is 31.8 Å². The fourth-order valence-electron chi connectivity index (χ4n) is 3.53. The molecule has 0 bridgehead atoms. The first-order chi connectivity index (χ1) is 14.7. The molecule has 1 saturated carbocycles. The molecule has 5 rings (SSSR count). The minimum absolute atomic E-state index is 0.191. The quantitative estimate of drug-likeness (QED) is 0.495. The van der Waals surface area contributed by atoms with Crippen LogP contribution in [-0.4, -0.2) is 37.2 Å². The number of fused-ring (bicyclic) bond motifs is 1. The second-order valence-electron chi connectivity index (χ2n) is 7.59. The average Bonchev–Trinajstić information content (AvgIpc) is 3.40. The summed E-state index contributed by atoms with van der Waals surface area (Å²) in [5, 5.41) is 17.4. The summed E-state index contributed by atoms with van der Waals surface area (Å²) >= 11 is 5.98. The molecule has 1 amide bonds. The minimum Gasteiger partial charge on any atom is -0.349 e. The van der Waals surface area contributed by atoms with Crippen molar-refractivity contribution in [1.29, 1.82) is 0 Å². The van der Waals surface area contributed by atoms with Gasteiger partial charge in [0.1, 0.15) is 0 Å². The molecule has 152 valence electrons. The van der Waals surface area contributed by atoms with Crippen LogP contribution in [0.3, 0.4) is 0 Å². The molecule has 0 unspecified atom stereocenters. The Morgan fingerprint density at radius 3 is 2.73 bits per heavy atom. The van der Waals surface area contributed by atoms with E-state index in [1.165, 1.54) is 12.8 Å². The number of halogens is 1. The molecular formula is C22H21ClN6O. The van der Waals surface area contributed by atoms with E-state index in [4.69, 9.17) is 11.6 Å². The van der Waals surface area contributed by atoms with Crippen molar-refractivity contribution in [3.8, 4) is 0 Å². The molecule has 0 aliphatic heterocycles. The lowest BCUT2D eigenvalue weighted by atomic mass is 10.2. The van der Waals surface area contributed by atoms with Crippen molar-refractivity contribution in [2.75, 3.05) is 6.54 Å². The zero-order valence-electron chi connectivity index (χ0n) is 16.3. The third-order valence-corrected chi connectivity index (χ3v) is 5.55. The molecule has 1 aliphatic carbocycles. The van der Waals surface area contributed by atoms with Gasteiger partial charge in [-0.3, -0.25) is 14.2 Å². The largest absolute Gasteiger partial charge is 0.349 e. The number of carbonyl (C=O) groups is 1. The lowest BCUT2D eigenvalue weighted by Gasteiger charge is -2.04. The molecule has 30 heavy (non-hydrogen) atoms. The lowest BCUT2D eigenvalue weighted by molar-refractivity contribution is 0.0947. The molecule has 2 aromatic heterocycles. The summed E-state index contributed by atoms with van der Waals surface area (Å²) in [6.45, 7) is 1.60. The molecule has 0 saturated heterocycles. The molecule has 7 nitrogen and oxygen atoms in total. The summed E-state index contributed by atoms with van der Waals surface area (Å²) in [5.74, 6) is 0.382. The Morgan fingerprint density at radius 2 is 1.93 bits per heavy atom. The molecular weight excluding hydrogens is 400 g/mol. The van der Waals surface area contributed by atoms with Crippen LogP contribution in [0.2, 0.25) is 5.02 Å². The summed E-state index contributed by atoms with van der Waals surface area (Å²) in [4.78, 5) is 12.8. The Balaban J connectivity index is 1.30. The molecule has 1 aliphatic rings. The molecule has 2 heterocycles. The molecule has 8 heteroatoms. The van der Waals surface area contributed by atoms with Gasteiger partial charge in [0.25, 0.3) is 5.91 Å². The van der Waals surface area contributed by atoms with Gasteiger partial charge in [-0.1, -0.05) is 47.1 Å². The number of carbonyl (C=O) groups excluding carboxylic acids is 1. The maximum Gasteiger partial charge on any atom is 0.272 e. The van der Waals surface area contributed by atoms with Gasteiger partial charge in [0.2, 0.25) is 0 Å². The van der Waals surface area contributed by atoms with Crippen LogP contribution < -0.4 is 5.32 Å². The van der Waals surface area contributed by atoms with E-state index in [2.05, 4.69) is 20.7 Å². The lowest BCUT2D eigenvalue weighted by Crippen LogP contribution is -2.28. The number of nitrogens with zero attached hydrogens (tertiary/aromatic N) is 5. The van der Waals surface area contributed by atoms with E-state index in [0.29, 0.717) is 36.3 Å². The predicted molar refractivity (Wildman–Crippen MR) is 115 cm³/mol. The van der Waals surface area contributed by atoms with Crippen molar-refractivity contribution in [3.63, 3.8) is 0 Å². The fourth-order valence-corrected chi connectivity index (χ4v) is 3.66.